The van der Waals surface area contributed by atoms with Crippen LogP contribution in [0.25, 0.3) is 22.0 Å². The maximum Gasteiger partial charge on any atom is 0.0486 e. The van der Waals surface area contributed by atoms with Gasteiger partial charge in [0.25, 0.3) is 0 Å². The fourth-order valence-corrected chi connectivity index (χ4v) is 4.61. The van der Waals surface area contributed by atoms with Crippen LogP contribution in [0.1, 0.15) is 29.9 Å². The molecule has 3 heteroatoms. The summed E-state index contributed by atoms with van der Waals surface area (Å²) in [4.78, 5) is 0. The zero-order valence-corrected chi connectivity index (χ0v) is 17.4. The van der Waals surface area contributed by atoms with Gasteiger partial charge in [-0.25, -0.2) is 0 Å². The second-order valence-corrected chi connectivity index (χ2v) is 7.78. The largest absolute Gasteiger partial charge is 0.343 e. The first-order chi connectivity index (χ1) is 13.9. The van der Waals surface area contributed by atoms with Gasteiger partial charge in [-0.15, -0.1) is 12.4 Å². The molecule has 29 heavy (non-hydrogen) atoms. The molecule has 148 valence electrons. The summed E-state index contributed by atoms with van der Waals surface area (Å²) in [5.41, 5.74) is 6.84. The third-order valence-corrected chi connectivity index (χ3v) is 6.04. The van der Waals surface area contributed by atoms with Crippen molar-refractivity contribution in [3.05, 3.63) is 96.2 Å². The third kappa shape index (κ3) is 3.96. The van der Waals surface area contributed by atoms with E-state index in [1.807, 2.05) is 0 Å². The SMILES string of the molecule is Cl.c1ccc(-c2ccccc2Cn2cc(C3CCNCC3)c3ccccc32)cc1. The van der Waals surface area contributed by atoms with Crippen LogP contribution in [0.2, 0.25) is 0 Å². The maximum absolute atomic E-state index is 3.50. The van der Waals surface area contributed by atoms with Gasteiger partial charge in [-0.3, -0.25) is 0 Å². The molecule has 0 bridgehead atoms. The fourth-order valence-electron chi connectivity index (χ4n) is 4.61. The number of piperidine rings is 1. The second kappa shape index (κ2) is 8.86. The van der Waals surface area contributed by atoms with Crippen LogP contribution in [0, 0.1) is 0 Å². The van der Waals surface area contributed by atoms with Gasteiger partial charge in [-0.1, -0.05) is 72.8 Å². The molecule has 5 rings (SSSR count). The van der Waals surface area contributed by atoms with Crippen molar-refractivity contribution in [3.8, 4) is 11.1 Å². The summed E-state index contributed by atoms with van der Waals surface area (Å²) in [6.07, 6.45) is 4.88. The van der Waals surface area contributed by atoms with Gasteiger partial charge in [0, 0.05) is 23.6 Å². The highest BCUT2D eigenvalue weighted by Gasteiger charge is 2.20. The van der Waals surface area contributed by atoms with Crippen molar-refractivity contribution in [2.45, 2.75) is 25.3 Å². The zero-order valence-electron chi connectivity index (χ0n) is 16.6. The van der Waals surface area contributed by atoms with Crippen molar-refractivity contribution in [1.29, 1.82) is 0 Å². The maximum atomic E-state index is 3.50. The van der Waals surface area contributed by atoms with Gasteiger partial charge in [0.2, 0.25) is 0 Å². The molecule has 1 fully saturated rings. The number of hydrogen-bond acceptors (Lipinski definition) is 1. The molecule has 0 atom stereocenters. The van der Waals surface area contributed by atoms with Crippen molar-refractivity contribution < 1.29 is 0 Å². The average Bonchev–Trinajstić information content (AvgIpc) is 3.14. The number of nitrogens with one attached hydrogen (secondary N) is 1. The molecule has 1 aliphatic heterocycles. The van der Waals surface area contributed by atoms with Gasteiger partial charge < -0.3 is 9.88 Å². The molecule has 0 aliphatic carbocycles. The Hall–Kier alpha value is -2.55. The molecule has 2 heterocycles. The van der Waals surface area contributed by atoms with Crippen LogP contribution in [0.4, 0.5) is 0 Å². The lowest BCUT2D eigenvalue weighted by atomic mass is 9.90. The van der Waals surface area contributed by atoms with Crippen molar-refractivity contribution in [2.24, 2.45) is 0 Å². The first-order valence-corrected chi connectivity index (χ1v) is 10.3. The molecule has 0 spiro atoms. The van der Waals surface area contributed by atoms with Gasteiger partial charge in [0.1, 0.15) is 0 Å². The van der Waals surface area contributed by atoms with E-state index in [2.05, 4.69) is 94.9 Å². The number of nitrogens with zero attached hydrogens (tertiary/aromatic N) is 1. The summed E-state index contributed by atoms with van der Waals surface area (Å²) in [5, 5.41) is 4.92. The first kappa shape index (κ1) is 19.8. The standard InChI is InChI=1S/C26H26N2.ClH/c1-2-8-20(9-3-1)23-11-5-4-10-22(23)18-28-19-25(21-14-16-27-17-15-21)24-12-6-7-13-26(24)28;/h1-13,19,21,27H,14-18H2;1H. The highest BCUT2D eigenvalue weighted by molar-refractivity contribution is 5.85. The lowest BCUT2D eigenvalue weighted by molar-refractivity contribution is 0.461. The fraction of sp³-hybridized carbons (Fsp3) is 0.231. The van der Waals surface area contributed by atoms with Gasteiger partial charge in [0.15, 0.2) is 0 Å². The molecule has 1 saturated heterocycles. The lowest BCUT2D eigenvalue weighted by Gasteiger charge is -2.22. The quantitative estimate of drug-likeness (QED) is 0.427. The summed E-state index contributed by atoms with van der Waals surface area (Å²) in [6.45, 7) is 3.15. The minimum atomic E-state index is 0. The van der Waals surface area contributed by atoms with Gasteiger partial charge >= 0.3 is 0 Å². The number of benzene rings is 3. The van der Waals surface area contributed by atoms with E-state index in [4.69, 9.17) is 0 Å². The number of rotatable bonds is 4. The minimum absolute atomic E-state index is 0. The summed E-state index contributed by atoms with van der Waals surface area (Å²) in [7, 11) is 0. The van der Waals surface area contributed by atoms with Crippen LogP contribution in [0.15, 0.2) is 85.1 Å². The summed E-state index contributed by atoms with van der Waals surface area (Å²) >= 11 is 0. The summed E-state index contributed by atoms with van der Waals surface area (Å²) in [6, 6.07) is 28.4. The molecule has 1 aliphatic rings. The Morgan fingerprint density at radius 3 is 2.31 bits per heavy atom. The minimum Gasteiger partial charge on any atom is -0.343 e. The van der Waals surface area contributed by atoms with Crippen molar-refractivity contribution in [3.63, 3.8) is 0 Å². The highest BCUT2D eigenvalue weighted by Crippen LogP contribution is 2.34. The highest BCUT2D eigenvalue weighted by atomic mass is 35.5. The first-order valence-electron chi connectivity index (χ1n) is 10.3. The van der Waals surface area contributed by atoms with Crippen molar-refractivity contribution in [1.82, 2.24) is 9.88 Å². The topological polar surface area (TPSA) is 17.0 Å². The van der Waals surface area contributed by atoms with Crippen LogP contribution in [-0.2, 0) is 6.54 Å². The van der Waals surface area contributed by atoms with E-state index < -0.39 is 0 Å². The third-order valence-electron chi connectivity index (χ3n) is 6.04. The van der Waals surface area contributed by atoms with Crippen LogP contribution in [0.5, 0.6) is 0 Å². The Morgan fingerprint density at radius 1 is 0.793 bits per heavy atom. The molecular weight excluding hydrogens is 376 g/mol. The van der Waals surface area contributed by atoms with Gasteiger partial charge in [0.05, 0.1) is 0 Å². The Labute approximate surface area is 179 Å². The smallest absolute Gasteiger partial charge is 0.0486 e. The molecule has 0 saturated carbocycles. The van der Waals surface area contributed by atoms with E-state index in [-0.39, 0.29) is 12.4 Å². The van der Waals surface area contributed by atoms with Gasteiger partial charge in [-0.2, -0.15) is 0 Å². The van der Waals surface area contributed by atoms with Crippen molar-refractivity contribution in [2.75, 3.05) is 13.1 Å². The number of fused-ring (bicyclic) bond motifs is 1. The van der Waals surface area contributed by atoms with Crippen LogP contribution in [0.3, 0.4) is 0 Å². The normalized spacial score (nSPS) is 14.6. The molecule has 1 N–H and O–H groups in total. The van der Waals surface area contributed by atoms with E-state index in [9.17, 15) is 0 Å². The van der Waals surface area contributed by atoms with Crippen LogP contribution >= 0.6 is 12.4 Å². The average molecular weight is 403 g/mol. The molecule has 0 unspecified atom stereocenters. The van der Waals surface area contributed by atoms with E-state index in [0.717, 1.165) is 19.6 Å². The van der Waals surface area contributed by atoms with E-state index in [0.29, 0.717) is 5.92 Å². The summed E-state index contributed by atoms with van der Waals surface area (Å²) in [5.74, 6) is 0.664. The lowest BCUT2D eigenvalue weighted by Crippen LogP contribution is -2.26. The molecule has 0 radical (unpaired) electrons. The van der Waals surface area contributed by atoms with E-state index in [1.165, 1.54) is 46.0 Å². The number of hydrogen-bond donors (Lipinski definition) is 1. The Morgan fingerprint density at radius 2 is 1.48 bits per heavy atom. The molecule has 3 aromatic carbocycles. The predicted octanol–water partition coefficient (Wildman–Crippen LogP) is 6.25. The van der Waals surface area contributed by atoms with E-state index >= 15 is 0 Å². The Kier molecular flexibility index (Phi) is 6.03. The molecule has 2 nitrogen and oxygen atoms in total. The Bertz CT molecular complexity index is 1080. The predicted molar refractivity (Wildman–Crippen MR) is 125 cm³/mol. The summed E-state index contributed by atoms with van der Waals surface area (Å²) < 4.78 is 2.45. The molecular formula is C26H27ClN2. The number of aromatic nitrogens is 1. The van der Waals surface area contributed by atoms with Crippen LogP contribution in [-0.4, -0.2) is 17.7 Å². The number of para-hydroxylation sites is 1. The second-order valence-electron chi connectivity index (χ2n) is 7.78. The molecule has 1 aromatic heterocycles. The monoisotopic (exact) mass is 402 g/mol. The number of halogens is 1. The zero-order chi connectivity index (χ0) is 18.8. The van der Waals surface area contributed by atoms with Crippen molar-refractivity contribution >= 4 is 23.3 Å². The molecule has 0 amide bonds. The molecule has 4 aromatic rings. The van der Waals surface area contributed by atoms with E-state index in [1.54, 1.807) is 0 Å². The Balaban J connectivity index is 0.00000205. The van der Waals surface area contributed by atoms with Crippen LogP contribution < -0.4 is 5.32 Å². The van der Waals surface area contributed by atoms with Gasteiger partial charge in [-0.05, 0) is 60.2 Å².